The zero-order valence-corrected chi connectivity index (χ0v) is 13.1. The lowest BCUT2D eigenvalue weighted by molar-refractivity contribution is 0.0184. The number of rotatable bonds is 5. The molecule has 1 aliphatic carbocycles. The lowest BCUT2D eigenvalue weighted by Gasteiger charge is -2.49. The highest BCUT2D eigenvalue weighted by atomic mass is 15.2. The Morgan fingerprint density at radius 2 is 1.79 bits per heavy atom. The topological polar surface area (TPSA) is 15.3 Å². The minimum Gasteiger partial charge on any atom is -0.314 e. The number of piperidine rings is 2. The van der Waals surface area contributed by atoms with Crippen LogP contribution in [0.1, 0.15) is 65.7 Å². The van der Waals surface area contributed by atoms with Crippen molar-refractivity contribution >= 4 is 0 Å². The molecule has 3 aliphatic rings. The van der Waals surface area contributed by atoms with Gasteiger partial charge in [-0.15, -0.1) is 0 Å². The molecule has 19 heavy (non-hydrogen) atoms. The summed E-state index contributed by atoms with van der Waals surface area (Å²) in [5, 5.41) is 3.78. The van der Waals surface area contributed by atoms with Crippen molar-refractivity contribution in [3.05, 3.63) is 0 Å². The third-order valence-electron chi connectivity index (χ3n) is 5.96. The maximum absolute atomic E-state index is 3.78. The van der Waals surface area contributed by atoms with Gasteiger partial charge in [0.05, 0.1) is 0 Å². The van der Waals surface area contributed by atoms with Gasteiger partial charge in [-0.2, -0.15) is 0 Å². The van der Waals surface area contributed by atoms with E-state index in [1.54, 1.807) is 0 Å². The zero-order valence-electron chi connectivity index (χ0n) is 13.1. The van der Waals surface area contributed by atoms with Crippen molar-refractivity contribution in [1.29, 1.82) is 0 Å². The van der Waals surface area contributed by atoms with Crippen molar-refractivity contribution < 1.29 is 0 Å². The van der Waals surface area contributed by atoms with Crippen molar-refractivity contribution in [1.82, 2.24) is 10.2 Å². The van der Waals surface area contributed by atoms with Gasteiger partial charge in [-0.25, -0.2) is 0 Å². The van der Waals surface area contributed by atoms with Crippen molar-refractivity contribution in [3.8, 4) is 0 Å². The Hall–Kier alpha value is -0.0800. The Balaban J connectivity index is 1.57. The van der Waals surface area contributed by atoms with E-state index in [1.807, 2.05) is 0 Å². The molecular weight excluding hydrogens is 232 g/mol. The molecule has 3 atom stereocenters. The molecule has 2 heteroatoms. The van der Waals surface area contributed by atoms with E-state index in [-0.39, 0.29) is 0 Å². The SMILES string of the molecule is CCCNC1CC2CCCC(C1)N2CC1CC1(C)C. The summed E-state index contributed by atoms with van der Waals surface area (Å²) >= 11 is 0. The second kappa shape index (κ2) is 5.37. The van der Waals surface area contributed by atoms with Gasteiger partial charge in [0.15, 0.2) is 0 Å². The quantitative estimate of drug-likeness (QED) is 0.818. The average Bonchev–Trinajstić information content (AvgIpc) is 2.94. The Bertz CT molecular complexity index is 298. The summed E-state index contributed by atoms with van der Waals surface area (Å²) in [6, 6.07) is 2.58. The summed E-state index contributed by atoms with van der Waals surface area (Å²) in [7, 11) is 0. The molecule has 0 aromatic carbocycles. The largest absolute Gasteiger partial charge is 0.314 e. The summed E-state index contributed by atoms with van der Waals surface area (Å²) in [6.07, 6.45) is 9.92. The van der Waals surface area contributed by atoms with E-state index < -0.39 is 0 Å². The molecule has 1 N–H and O–H groups in total. The normalized spacial score (nSPS) is 41.2. The molecule has 0 amide bonds. The first kappa shape index (κ1) is 13.9. The molecule has 3 rings (SSSR count). The molecular formula is C17H32N2. The van der Waals surface area contributed by atoms with Crippen molar-refractivity contribution in [3.63, 3.8) is 0 Å². The van der Waals surface area contributed by atoms with Crippen molar-refractivity contribution in [2.45, 2.75) is 83.8 Å². The van der Waals surface area contributed by atoms with Gasteiger partial charge in [0.1, 0.15) is 0 Å². The lowest BCUT2D eigenvalue weighted by Crippen LogP contribution is -2.56. The maximum Gasteiger partial charge on any atom is 0.0113 e. The fourth-order valence-electron chi connectivity index (χ4n) is 4.43. The van der Waals surface area contributed by atoms with Gasteiger partial charge in [-0.1, -0.05) is 27.2 Å². The van der Waals surface area contributed by atoms with Crippen LogP contribution in [0.2, 0.25) is 0 Å². The Morgan fingerprint density at radius 3 is 2.32 bits per heavy atom. The van der Waals surface area contributed by atoms with Crippen LogP contribution in [0.4, 0.5) is 0 Å². The molecule has 2 bridgehead atoms. The van der Waals surface area contributed by atoms with E-state index in [0.717, 1.165) is 24.0 Å². The number of fused-ring (bicyclic) bond motifs is 2. The Kier molecular flexibility index (Phi) is 3.92. The van der Waals surface area contributed by atoms with Gasteiger partial charge in [0.25, 0.3) is 0 Å². The molecule has 2 saturated heterocycles. The second-order valence-electron chi connectivity index (χ2n) is 7.95. The zero-order chi connectivity index (χ0) is 13.5. The van der Waals surface area contributed by atoms with Gasteiger partial charge in [-0.3, -0.25) is 4.90 Å². The molecule has 2 nitrogen and oxygen atoms in total. The predicted molar refractivity (Wildman–Crippen MR) is 81.3 cm³/mol. The van der Waals surface area contributed by atoms with Crippen molar-refractivity contribution in [2.75, 3.05) is 13.1 Å². The molecule has 0 spiro atoms. The lowest BCUT2D eigenvalue weighted by atomic mass is 9.81. The molecule has 0 aromatic heterocycles. The van der Waals surface area contributed by atoms with E-state index in [4.69, 9.17) is 0 Å². The Morgan fingerprint density at radius 1 is 1.16 bits per heavy atom. The molecule has 2 aliphatic heterocycles. The van der Waals surface area contributed by atoms with Crippen LogP contribution in [-0.4, -0.2) is 36.1 Å². The molecule has 110 valence electrons. The fourth-order valence-corrected chi connectivity index (χ4v) is 4.43. The molecule has 0 aromatic rings. The Labute approximate surface area is 119 Å². The van der Waals surface area contributed by atoms with Crippen LogP contribution in [0.15, 0.2) is 0 Å². The van der Waals surface area contributed by atoms with E-state index in [2.05, 4.69) is 31.0 Å². The minimum absolute atomic E-state index is 0.644. The van der Waals surface area contributed by atoms with Crippen LogP contribution in [0.25, 0.3) is 0 Å². The number of nitrogens with zero attached hydrogens (tertiary/aromatic N) is 1. The third-order valence-corrected chi connectivity index (χ3v) is 5.96. The van der Waals surface area contributed by atoms with E-state index in [0.29, 0.717) is 5.41 Å². The highest BCUT2D eigenvalue weighted by Gasteiger charge is 2.49. The first-order valence-electron chi connectivity index (χ1n) is 8.59. The van der Waals surface area contributed by atoms with Gasteiger partial charge < -0.3 is 5.32 Å². The second-order valence-corrected chi connectivity index (χ2v) is 7.95. The summed E-state index contributed by atoms with van der Waals surface area (Å²) in [6.45, 7) is 9.77. The summed E-state index contributed by atoms with van der Waals surface area (Å²) in [5.41, 5.74) is 0.644. The first-order chi connectivity index (χ1) is 9.10. The van der Waals surface area contributed by atoms with Gasteiger partial charge >= 0.3 is 0 Å². The average molecular weight is 264 g/mol. The molecule has 1 saturated carbocycles. The van der Waals surface area contributed by atoms with Crippen LogP contribution in [0.5, 0.6) is 0 Å². The number of hydrogen-bond donors (Lipinski definition) is 1. The van der Waals surface area contributed by atoms with Crippen LogP contribution in [0, 0.1) is 11.3 Å². The van der Waals surface area contributed by atoms with Gasteiger partial charge in [0, 0.05) is 24.7 Å². The monoisotopic (exact) mass is 264 g/mol. The molecule has 3 fully saturated rings. The fraction of sp³-hybridized carbons (Fsp3) is 1.00. The standard InChI is InChI=1S/C17H32N2/c1-4-8-18-14-9-15-6-5-7-16(10-14)19(15)12-13-11-17(13,2)3/h13-16,18H,4-12H2,1-3H3. The van der Waals surface area contributed by atoms with Gasteiger partial charge in [0.2, 0.25) is 0 Å². The van der Waals surface area contributed by atoms with Crippen molar-refractivity contribution in [2.24, 2.45) is 11.3 Å². The number of nitrogens with one attached hydrogen (secondary N) is 1. The molecule has 3 unspecified atom stereocenters. The van der Waals surface area contributed by atoms with Gasteiger partial charge in [-0.05, 0) is 56.4 Å². The summed E-state index contributed by atoms with van der Waals surface area (Å²) < 4.78 is 0. The third kappa shape index (κ3) is 3.00. The van der Waals surface area contributed by atoms with Crippen LogP contribution in [-0.2, 0) is 0 Å². The van der Waals surface area contributed by atoms with Crippen LogP contribution >= 0.6 is 0 Å². The molecule has 2 heterocycles. The highest BCUT2D eigenvalue weighted by molar-refractivity contribution is 5.01. The summed E-state index contributed by atoms with van der Waals surface area (Å²) in [5.74, 6) is 0.982. The van der Waals surface area contributed by atoms with E-state index in [1.165, 1.54) is 58.0 Å². The first-order valence-corrected chi connectivity index (χ1v) is 8.59. The van der Waals surface area contributed by atoms with E-state index in [9.17, 15) is 0 Å². The minimum atomic E-state index is 0.644. The maximum atomic E-state index is 3.78. The van der Waals surface area contributed by atoms with E-state index >= 15 is 0 Å². The summed E-state index contributed by atoms with van der Waals surface area (Å²) in [4.78, 5) is 2.91. The predicted octanol–water partition coefficient (Wildman–Crippen LogP) is 3.42. The smallest absolute Gasteiger partial charge is 0.0113 e. The number of hydrogen-bond acceptors (Lipinski definition) is 2. The molecule has 0 radical (unpaired) electrons. The van der Waals surface area contributed by atoms with Crippen LogP contribution in [0.3, 0.4) is 0 Å². The van der Waals surface area contributed by atoms with Crippen LogP contribution < -0.4 is 5.32 Å². The highest BCUT2D eigenvalue weighted by Crippen LogP contribution is 2.53.